The predicted molar refractivity (Wildman–Crippen MR) is 74.0 cm³/mol. The molecule has 0 saturated carbocycles. The number of amides is 2. The van der Waals surface area contributed by atoms with E-state index in [2.05, 4.69) is 19.2 Å². The second-order valence-corrected chi connectivity index (χ2v) is 5.37. The van der Waals surface area contributed by atoms with Crippen molar-refractivity contribution in [3.05, 3.63) is 0 Å². The first-order valence-electron chi connectivity index (χ1n) is 7.34. The van der Waals surface area contributed by atoms with E-state index in [9.17, 15) is 9.59 Å². The summed E-state index contributed by atoms with van der Waals surface area (Å²) in [5, 5.41) is 11.8. The Kier molecular flexibility index (Phi) is 6.67. The molecule has 1 rings (SSSR count). The minimum atomic E-state index is -0.801. The molecular weight excluding hydrogens is 244 g/mol. The number of likely N-dealkylation sites (tertiary alicyclic amines) is 1. The number of nitrogens with zero attached hydrogens (tertiary/aromatic N) is 1. The number of hydrogen-bond acceptors (Lipinski definition) is 2. The Morgan fingerprint density at radius 3 is 2.68 bits per heavy atom. The van der Waals surface area contributed by atoms with E-state index in [1.54, 1.807) is 4.90 Å². The quantitative estimate of drug-likeness (QED) is 0.746. The molecule has 1 fully saturated rings. The number of unbranched alkanes of at least 4 members (excludes halogenated alkanes) is 1. The standard InChI is InChI=1S/C14H26N2O3/c1-3-5-6-11(4-2)9-15-14(19)16-8-7-12(10-16)13(17)18/h11-12H,3-10H2,1-2H3,(H,15,19)(H,17,18). The second kappa shape index (κ2) is 8.02. The van der Waals surface area contributed by atoms with Crippen molar-refractivity contribution < 1.29 is 14.7 Å². The van der Waals surface area contributed by atoms with E-state index in [0.717, 1.165) is 12.8 Å². The highest BCUT2D eigenvalue weighted by Crippen LogP contribution is 2.16. The van der Waals surface area contributed by atoms with Crippen molar-refractivity contribution in [1.29, 1.82) is 0 Å². The Morgan fingerprint density at radius 2 is 2.16 bits per heavy atom. The van der Waals surface area contributed by atoms with Crippen molar-refractivity contribution in [3.63, 3.8) is 0 Å². The monoisotopic (exact) mass is 270 g/mol. The van der Waals surface area contributed by atoms with Crippen LogP contribution in [0.1, 0.15) is 46.0 Å². The molecule has 2 amide bonds. The van der Waals surface area contributed by atoms with Gasteiger partial charge < -0.3 is 15.3 Å². The number of nitrogens with one attached hydrogen (secondary N) is 1. The zero-order valence-electron chi connectivity index (χ0n) is 12.0. The van der Waals surface area contributed by atoms with Gasteiger partial charge in [0.15, 0.2) is 0 Å². The fourth-order valence-electron chi connectivity index (χ4n) is 2.43. The van der Waals surface area contributed by atoms with Crippen molar-refractivity contribution in [2.24, 2.45) is 11.8 Å². The smallest absolute Gasteiger partial charge is 0.317 e. The van der Waals surface area contributed by atoms with Gasteiger partial charge >= 0.3 is 12.0 Å². The third-order valence-electron chi connectivity index (χ3n) is 3.91. The van der Waals surface area contributed by atoms with Crippen LogP contribution in [0.4, 0.5) is 4.79 Å². The van der Waals surface area contributed by atoms with Crippen LogP contribution in [-0.4, -0.2) is 41.6 Å². The van der Waals surface area contributed by atoms with Crippen LogP contribution in [0.5, 0.6) is 0 Å². The molecule has 5 nitrogen and oxygen atoms in total. The van der Waals surface area contributed by atoms with Crippen molar-refractivity contribution >= 4 is 12.0 Å². The second-order valence-electron chi connectivity index (χ2n) is 5.37. The van der Waals surface area contributed by atoms with Crippen LogP contribution in [0.15, 0.2) is 0 Å². The summed E-state index contributed by atoms with van der Waals surface area (Å²) < 4.78 is 0. The minimum Gasteiger partial charge on any atom is -0.481 e. The summed E-state index contributed by atoms with van der Waals surface area (Å²) in [4.78, 5) is 24.4. The molecule has 110 valence electrons. The predicted octanol–water partition coefficient (Wildman–Crippen LogP) is 2.32. The Balaban J connectivity index is 2.29. The van der Waals surface area contributed by atoms with Crippen LogP contribution in [0, 0.1) is 11.8 Å². The van der Waals surface area contributed by atoms with Crippen LogP contribution in [0.25, 0.3) is 0 Å². The number of urea groups is 1. The molecule has 0 aromatic carbocycles. The van der Waals surface area contributed by atoms with Gasteiger partial charge in [0.1, 0.15) is 0 Å². The molecule has 2 unspecified atom stereocenters. The van der Waals surface area contributed by atoms with Gasteiger partial charge in [0.25, 0.3) is 0 Å². The molecule has 0 aliphatic carbocycles. The molecule has 0 aromatic rings. The Hall–Kier alpha value is -1.26. The van der Waals surface area contributed by atoms with Gasteiger partial charge in [0.05, 0.1) is 5.92 Å². The van der Waals surface area contributed by atoms with Gasteiger partial charge in [-0.25, -0.2) is 4.79 Å². The average Bonchev–Trinajstić information content (AvgIpc) is 2.88. The van der Waals surface area contributed by atoms with Crippen molar-refractivity contribution in [2.45, 2.75) is 46.0 Å². The van der Waals surface area contributed by atoms with E-state index >= 15 is 0 Å². The molecule has 1 aliphatic heterocycles. The summed E-state index contributed by atoms with van der Waals surface area (Å²) in [6.07, 6.45) is 5.15. The number of carboxylic acid groups (broad SMARTS) is 1. The first-order valence-corrected chi connectivity index (χ1v) is 7.34. The largest absolute Gasteiger partial charge is 0.481 e. The molecule has 1 saturated heterocycles. The molecule has 1 aliphatic rings. The van der Waals surface area contributed by atoms with E-state index in [0.29, 0.717) is 32.0 Å². The molecule has 0 radical (unpaired) electrons. The van der Waals surface area contributed by atoms with E-state index in [1.165, 1.54) is 12.8 Å². The van der Waals surface area contributed by atoms with E-state index in [-0.39, 0.29) is 6.03 Å². The van der Waals surface area contributed by atoms with Gasteiger partial charge in [-0.1, -0.05) is 33.1 Å². The topological polar surface area (TPSA) is 69.6 Å². The third kappa shape index (κ3) is 5.09. The van der Waals surface area contributed by atoms with Gasteiger partial charge in [-0.05, 0) is 18.8 Å². The first-order chi connectivity index (χ1) is 9.08. The molecule has 0 aromatic heterocycles. The molecule has 0 spiro atoms. The lowest BCUT2D eigenvalue weighted by Gasteiger charge is -2.20. The number of carboxylic acids is 1. The van der Waals surface area contributed by atoms with Crippen LogP contribution in [-0.2, 0) is 4.79 Å². The Bertz CT molecular complexity index is 307. The summed E-state index contributed by atoms with van der Waals surface area (Å²) in [6.45, 7) is 5.90. The third-order valence-corrected chi connectivity index (χ3v) is 3.91. The summed E-state index contributed by atoms with van der Waals surface area (Å²) in [5.41, 5.74) is 0. The highest BCUT2D eigenvalue weighted by atomic mass is 16.4. The molecule has 2 N–H and O–H groups in total. The van der Waals surface area contributed by atoms with Gasteiger partial charge in [0, 0.05) is 19.6 Å². The number of carbonyl (C=O) groups excluding carboxylic acids is 1. The summed E-state index contributed by atoms with van der Waals surface area (Å²) in [6, 6.07) is -0.112. The minimum absolute atomic E-state index is 0.112. The molecular formula is C14H26N2O3. The molecule has 2 atom stereocenters. The SMILES string of the molecule is CCCCC(CC)CNC(=O)N1CCC(C(=O)O)C1. The Labute approximate surface area is 115 Å². The summed E-state index contributed by atoms with van der Waals surface area (Å²) >= 11 is 0. The summed E-state index contributed by atoms with van der Waals surface area (Å²) in [7, 11) is 0. The van der Waals surface area contributed by atoms with Crippen LogP contribution in [0.2, 0.25) is 0 Å². The maximum atomic E-state index is 11.9. The van der Waals surface area contributed by atoms with Crippen LogP contribution in [0.3, 0.4) is 0 Å². The fraction of sp³-hybridized carbons (Fsp3) is 0.857. The lowest BCUT2D eigenvalue weighted by molar-refractivity contribution is -0.141. The van der Waals surface area contributed by atoms with Crippen molar-refractivity contribution in [3.8, 4) is 0 Å². The van der Waals surface area contributed by atoms with Gasteiger partial charge in [0.2, 0.25) is 0 Å². The number of rotatable bonds is 7. The highest BCUT2D eigenvalue weighted by Gasteiger charge is 2.30. The molecule has 1 heterocycles. The number of aliphatic carboxylic acids is 1. The zero-order valence-corrected chi connectivity index (χ0v) is 12.0. The van der Waals surface area contributed by atoms with Gasteiger partial charge in [-0.3, -0.25) is 4.79 Å². The fourth-order valence-corrected chi connectivity index (χ4v) is 2.43. The summed E-state index contributed by atoms with van der Waals surface area (Å²) in [5.74, 6) is -0.667. The normalized spacial score (nSPS) is 20.3. The lowest BCUT2D eigenvalue weighted by Crippen LogP contribution is -2.41. The van der Waals surface area contributed by atoms with E-state index < -0.39 is 11.9 Å². The van der Waals surface area contributed by atoms with Gasteiger partial charge in [-0.2, -0.15) is 0 Å². The molecule has 0 bridgehead atoms. The number of carbonyl (C=O) groups is 2. The van der Waals surface area contributed by atoms with E-state index in [1.807, 2.05) is 0 Å². The molecule has 19 heavy (non-hydrogen) atoms. The van der Waals surface area contributed by atoms with Crippen molar-refractivity contribution in [1.82, 2.24) is 10.2 Å². The first kappa shape index (κ1) is 15.8. The zero-order chi connectivity index (χ0) is 14.3. The van der Waals surface area contributed by atoms with Crippen molar-refractivity contribution in [2.75, 3.05) is 19.6 Å². The van der Waals surface area contributed by atoms with Gasteiger partial charge in [-0.15, -0.1) is 0 Å². The van der Waals surface area contributed by atoms with E-state index in [4.69, 9.17) is 5.11 Å². The number of hydrogen-bond donors (Lipinski definition) is 2. The maximum absolute atomic E-state index is 11.9. The van der Waals surface area contributed by atoms with Crippen LogP contribution >= 0.6 is 0 Å². The highest BCUT2D eigenvalue weighted by molar-refractivity contribution is 5.77. The molecule has 5 heteroatoms. The average molecular weight is 270 g/mol. The maximum Gasteiger partial charge on any atom is 0.317 e. The van der Waals surface area contributed by atoms with Crippen LogP contribution < -0.4 is 5.32 Å². The lowest BCUT2D eigenvalue weighted by atomic mass is 9.99. The Morgan fingerprint density at radius 1 is 1.42 bits per heavy atom.